The summed E-state index contributed by atoms with van der Waals surface area (Å²) in [7, 11) is 0. The molecule has 0 aliphatic heterocycles. The summed E-state index contributed by atoms with van der Waals surface area (Å²) in [4.78, 5) is 33.9. The number of carboxylic acids is 1. The third kappa shape index (κ3) is 5.53. The molecule has 3 N–H and O–H groups in total. The van der Waals surface area contributed by atoms with Crippen LogP contribution in [0.25, 0.3) is 0 Å². The fraction of sp³-hybridized carbons (Fsp3) is 0.500. The second kappa shape index (κ2) is 8.28. The number of anilines is 1. The minimum absolute atomic E-state index is 0.0779. The van der Waals surface area contributed by atoms with E-state index in [0.29, 0.717) is 6.42 Å². The van der Waals surface area contributed by atoms with Crippen LogP contribution in [0.15, 0.2) is 18.2 Å². The standard InChI is InChI=1S/C16H23N3O5/c1-9(2)7-13(16(21)22)18-12-6-5-11(8-14(12)19(23)24)15(20)17-10(3)4/h5-6,8-10,13,18H,7H2,1-4H3,(H,17,20)(H,21,22)/t13-/m0/s1. The van der Waals surface area contributed by atoms with Crippen LogP contribution in [0.3, 0.4) is 0 Å². The van der Waals surface area contributed by atoms with E-state index in [1.54, 1.807) is 13.8 Å². The van der Waals surface area contributed by atoms with Crippen molar-refractivity contribution in [2.24, 2.45) is 5.92 Å². The molecule has 1 amide bonds. The molecule has 0 aliphatic carbocycles. The third-order valence-corrected chi connectivity index (χ3v) is 3.21. The van der Waals surface area contributed by atoms with E-state index in [-0.39, 0.29) is 28.9 Å². The normalized spacial score (nSPS) is 12.1. The molecule has 8 nitrogen and oxygen atoms in total. The second-order valence-corrected chi connectivity index (χ2v) is 6.28. The number of carbonyl (C=O) groups excluding carboxylic acids is 1. The summed E-state index contributed by atoms with van der Waals surface area (Å²) in [6.07, 6.45) is 0.322. The summed E-state index contributed by atoms with van der Waals surface area (Å²) >= 11 is 0. The maximum atomic E-state index is 12.0. The highest BCUT2D eigenvalue weighted by atomic mass is 16.6. The van der Waals surface area contributed by atoms with Crippen LogP contribution in [0.4, 0.5) is 11.4 Å². The molecule has 0 unspecified atom stereocenters. The van der Waals surface area contributed by atoms with Crippen molar-refractivity contribution in [3.63, 3.8) is 0 Å². The first kappa shape index (κ1) is 19.4. The summed E-state index contributed by atoms with van der Waals surface area (Å²) < 4.78 is 0. The van der Waals surface area contributed by atoms with Crippen LogP contribution >= 0.6 is 0 Å². The predicted molar refractivity (Wildman–Crippen MR) is 90.2 cm³/mol. The third-order valence-electron chi connectivity index (χ3n) is 3.21. The topological polar surface area (TPSA) is 122 Å². The van der Waals surface area contributed by atoms with E-state index in [9.17, 15) is 24.8 Å². The predicted octanol–water partition coefficient (Wildman–Crippen LogP) is 2.64. The highest BCUT2D eigenvalue weighted by Crippen LogP contribution is 2.27. The molecule has 1 aromatic rings. The smallest absolute Gasteiger partial charge is 0.326 e. The lowest BCUT2D eigenvalue weighted by Gasteiger charge is -2.18. The monoisotopic (exact) mass is 337 g/mol. The molecule has 1 atom stereocenters. The van der Waals surface area contributed by atoms with Crippen LogP contribution in [0.2, 0.25) is 0 Å². The van der Waals surface area contributed by atoms with E-state index < -0.39 is 22.8 Å². The van der Waals surface area contributed by atoms with Crippen molar-refractivity contribution in [3.8, 4) is 0 Å². The van der Waals surface area contributed by atoms with Gasteiger partial charge in [0.15, 0.2) is 0 Å². The van der Waals surface area contributed by atoms with Gasteiger partial charge in [0.25, 0.3) is 11.6 Å². The van der Waals surface area contributed by atoms with Gasteiger partial charge < -0.3 is 15.7 Å². The van der Waals surface area contributed by atoms with Gasteiger partial charge in [-0.2, -0.15) is 0 Å². The van der Waals surface area contributed by atoms with E-state index in [4.69, 9.17) is 0 Å². The molecule has 0 radical (unpaired) electrons. The van der Waals surface area contributed by atoms with Gasteiger partial charge >= 0.3 is 5.97 Å². The zero-order chi connectivity index (χ0) is 18.4. The molecular weight excluding hydrogens is 314 g/mol. The van der Waals surface area contributed by atoms with E-state index in [0.717, 1.165) is 6.07 Å². The number of hydrogen-bond acceptors (Lipinski definition) is 5. The molecule has 0 saturated heterocycles. The lowest BCUT2D eigenvalue weighted by Crippen LogP contribution is -2.31. The Morgan fingerprint density at radius 1 is 1.25 bits per heavy atom. The fourth-order valence-electron chi connectivity index (χ4n) is 2.17. The lowest BCUT2D eigenvalue weighted by molar-refractivity contribution is -0.384. The van der Waals surface area contributed by atoms with E-state index in [1.807, 2.05) is 13.8 Å². The largest absolute Gasteiger partial charge is 0.480 e. The number of nitro benzene ring substituents is 1. The molecule has 0 bridgehead atoms. The molecule has 1 rings (SSSR count). The fourth-order valence-corrected chi connectivity index (χ4v) is 2.17. The number of amides is 1. The van der Waals surface area contributed by atoms with Crippen molar-refractivity contribution < 1.29 is 19.6 Å². The number of nitrogens with one attached hydrogen (secondary N) is 2. The van der Waals surface area contributed by atoms with E-state index in [2.05, 4.69) is 10.6 Å². The second-order valence-electron chi connectivity index (χ2n) is 6.28. The molecule has 0 aliphatic rings. The van der Waals surface area contributed by atoms with E-state index in [1.165, 1.54) is 12.1 Å². The molecule has 0 fully saturated rings. The Kier molecular flexibility index (Phi) is 6.69. The molecule has 132 valence electrons. The zero-order valence-electron chi connectivity index (χ0n) is 14.2. The molecule has 0 aromatic heterocycles. The van der Waals surface area contributed by atoms with Gasteiger partial charge in [0.1, 0.15) is 11.7 Å². The average Bonchev–Trinajstić information content (AvgIpc) is 2.45. The first-order chi connectivity index (χ1) is 11.1. The Balaban J connectivity index is 3.13. The molecular formula is C16H23N3O5. The average molecular weight is 337 g/mol. The van der Waals surface area contributed by atoms with Crippen LogP contribution in [0.5, 0.6) is 0 Å². The molecule has 24 heavy (non-hydrogen) atoms. The highest BCUT2D eigenvalue weighted by molar-refractivity contribution is 5.96. The van der Waals surface area contributed by atoms with E-state index >= 15 is 0 Å². The van der Waals surface area contributed by atoms with Gasteiger partial charge in [0.05, 0.1) is 4.92 Å². The highest BCUT2D eigenvalue weighted by Gasteiger charge is 2.24. The quantitative estimate of drug-likeness (QED) is 0.495. The van der Waals surface area contributed by atoms with Crippen LogP contribution in [-0.2, 0) is 4.79 Å². The van der Waals surface area contributed by atoms with Crippen LogP contribution in [-0.4, -0.2) is 34.0 Å². The number of rotatable bonds is 8. The maximum Gasteiger partial charge on any atom is 0.326 e. The number of aliphatic carboxylic acids is 1. The SMILES string of the molecule is CC(C)C[C@H](Nc1ccc(C(=O)NC(C)C)cc1[N+](=O)[O-])C(=O)O. The van der Waals surface area contributed by atoms with Crippen molar-refractivity contribution in [2.45, 2.75) is 46.2 Å². The Morgan fingerprint density at radius 2 is 1.88 bits per heavy atom. The first-order valence-corrected chi connectivity index (χ1v) is 7.70. The van der Waals surface area contributed by atoms with Crippen molar-refractivity contribution >= 4 is 23.3 Å². The van der Waals surface area contributed by atoms with Crippen molar-refractivity contribution in [3.05, 3.63) is 33.9 Å². The van der Waals surface area contributed by atoms with Gasteiger partial charge in [-0.05, 0) is 38.3 Å². The molecule has 0 saturated carbocycles. The summed E-state index contributed by atoms with van der Waals surface area (Å²) in [6, 6.07) is 2.90. The Morgan fingerprint density at radius 3 is 2.33 bits per heavy atom. The Hall–Kier alpha value is -2.64. The molecule has 0 heterocycles. The van der Waals surface area contributed by atoms with Crippen LogP contribution in [0.1, 0.15) is 44.5 Å². The van der Waals surface area contributed by atoms with Gasteiger partial charge in [0, 0.05) is 17.7 Å². The minimum atomic E-state index is -1.08. The maximum absolute atomic E-state index is 12.0. The van der Waals surface area contributed by atoms with Crippen LogP contribution < -0.4 is 10.6 Å². The van der Waals surface area contributed by atoms with Gasteiger partial charge in [-0.3, -0.25) is 14.9 Å². The molecule has 1 aromatic carbocycles. The van der Waals surface area contributed by atoms with Crippen molar-refractivity contribution in [2.75, 3.05) is 5.32 Å². The number of benzene rings is 1. The van der Waals surface area contributed by atoms with Crippen LogP contribution in [0, 0.1) is 16.0 Å². The summed E-state index contributed by atoms with van der Waals surface area (Å²) in [5.41, 5.74) is -0.104. The first-order valence-electron chi connectivity index (χ1n) is 7.70. The number of hydrogen-bond donors (Lipinski definition) is 3. The Labute approximate surface area is 140 Å². The summed E-state index contributed by atoms with van der Waals surface area (Å²) in [6.45, 7) is 7.30. The van der Waals surface area contributed by atoms with Gasteiger partial charge in [-0.25, -0.2) is 4.79 Å². The molecule has 0 spiro atoms. The molecule has 8 heteroatoms. The lowest BCUT2D eigenvalue weighted by atomic mass is 10.0. The Bertz CT molecular complexity index is 628. The summed E-state index contributed by atoms with van der Waals surface area (Å²) in [5.74, 6) is -1.40. The number of nitrogens with zero attached hydrogens (tertiary/aromatic N) is 1. The van der Waals surface area contributed by atoms with Crippen molar-refractivity contribution in [1.29, 1.82) is 0 Å². The summed E-state index contributed by atoms with van der Waals surface area (Å²) in [5, 5.41) is 25.9. The zero-order valence-corrected chi connectivity index (χ0v) is 14.2. The number of carbonyl (C=O) groups is 2. The number of carboxylic acid groups (broad SMARTS) is 1. The minimum Gasteiger partial charge on any atom is -0.480 e. The number of nitro groups is 1. The van der Waals surface area contributed by atoms with Crippen molar-refractivity contribution in [1.82, 2.24) is 5.32 Å². The van der Waals surface area contributed by atoms with Gasteiger partial charge in [-0.1, -0.05) is 13.8 Å². The van der Waals surface area contributed by atoms with Gasteiger partial charge in [0.2, 0.25) is 0 Å². The van der Waals surface area contributed by atoms with Gasteiger partial charge in [-0.15, -0.1) is 0 Å².